The van der Waals surface area contributed by atoms with E-state index in [1.807, 2.05) is 0 Å². The molecular formula is C17H30N2O2. The van der Waals surface area contributed by atoms with Crippen molar-refractivity contribution in [3.8, 4) is 0 Å². The molecule has 0 aromatic heterocycles. The van der Waals surface area contributed by atoms with Crippen molar-refractivity contribution in [2.75, 3.05) is 26.2 Å². The average molecular weight is 294 g/mol. The molecule has 0 aromatic carbocycles. The smallest absolute Gasteiger partial charge is 0.224 e. The van der Waals surface area contributed by atoms with Gasteiger partial charge in [-0.05, 0) is 39.0 Å². The Morgan fingerprint density at radius 3 is 2.81 bits per heavy atom. The third kappa shape index (κ3) is 3.26. The number of aliphatic hydroxyl groups is 1. The molecule has 2 saturated heterocycles. The summed E-state index contributed by atoms with van der Waals surface area (Å²) in [5, 5.41) is 10.7. The maximum atomic E-state index is 12.3. The van der Waals surface area contributed by atoms with Crippen LogP contribution in [-0.2, 0) is 4.79 Å². The van der Waals surface area contributed by atoms with E-state index in [2.05, 4.69) is 16.7 Å². The summed E-state index contributed by atoms with van der Waals surface area (Å²) in [5.74, 6) is 0.755. The third-order valence-electron chi connectivity index (χ3n) is 6.03. The van der Waals surface area contributed by atoms with Gasteiger partial charge in [-0.25, -0.2) is 0 Å². The van der Waals surface area contributed by atoms with Gasteiger partial charge < -0.3 is 14.9 Å². The minimum absolute atomic E-state index is 0.324. The second kappa shape index (κ2) is 6.25. The van der Waals surface area contributed by atoms with Crippen molar-refractivity contribution in [2.45, 2.75) is 69.9 Å². The van der Waals surface area contributed by atoms with E-state index >= 15 is 0 Å². The van der Waals surface area contributed by atoms with Crippen LogP contribution in [0.4, 0.5) is 0 Å². The first-order valence-electron chi connectivity index (χ1n) is 8.83. The zero-order valence-corrected chi connectivity index (χ0v) is 13.4. The normalized spacial score (nSPS) is 37.5. The number of amides is 1. The number of carbonyl (C=O) groups is 1. The van der Waals surface area contributed by atoms with Crippen LogP contribution in [0.3, 0.4) is 0 Å². The highest BCUT2D eigenvalue weighted by atomic mass is 16.3. The Bertz CT molecular complexity index is 387. The monoisotopic (exact) mass is 294 g/mol. The highest BCUT2D eigenvalue weighted by Crippen LogP contribution is 2.39. The van der Waals surface area contributed by atoms with E-state index in [-0.39, 0.29) is 0 Å². The molecule has 3 aliphatic rings. The summed E-state index contributed by atoms with van der Waals surface area (Å²) in [6, 6.07) is 0.433. The van der Waals surface area contributed by atoms with Gasteiger partial charge in [-0.3, -0.25) is 4.79 Å². The van der Waals surface area contributed by atoms with Gasteiger partial charge in [0.25, 0.3) is 0 Å². The lowest BCUT2D eigenvalue weighted by molar-refractivity contribution is -0.132. The van der Waals surface area contributed by atoms with Crippen LogP contribution in [0.25, 0.3) is 0 Å². The first-order chi connectivity index (χ1) is 10.1. The SMILES string of the molecule is CC1CCCN1C(=O)CCN1CCC2(O)CCCCC2C1. The number of piperidine rings is 1. The molecule has 1 N–H and O–H groups in total. The Labute approximate surface area is 128 Å². The first-order valence-corrected chi connectivity index (χ1v) is 8.83. The Kier molecular flexibility index (Phi) is 4.55. The number of likely N-dealkylation sites (tertiary alicyclic amines) is 2. The van der Waals surface area contributed by atoms with Crippen molar-refractivity contribution in [2.24, 2.45) is 5.92 Å². The molecule has 0 spiro atoms. The summed E-state index contributed by atoms with van der Waals surface area (Å²) in [5.41, 5.74) is -0.401. The predicted molar refractivity (Wildman–Crippen MR) is 83.0 cm³/mol. The van der Waals surface area contributed by atoms with E-state index in [0.717, 1.165) is 58.3 Å². The van der Waals surface area contributed by atoms with Gasteiger partial charge in [-0.2, -0.15) is 0 Å². The molecule has 3 unspecified atom stereocenters. The molecule has 21 heavy (non-hydrogen) atoms. The summed E-state index contributed by atoms with van der Waals surface area (Å²) < 4.78 is 0. The minimum atomic E-state index is -0.401. The van der Waals surface area contributed by atoms with Gasteiger partial charge >= 0.3 is 0 Å². The van der Waals surface area contributed by atoms with Crippen LogP contribution in [0.5, 0.6) is 0 Å². The molecule has 2 heterocycles. The van der Waals surface area contributed by atoms with Gasteiger partial charge in [0.05, 0.1) is 5.60 Å². The van der Waals surface area contributed by atoms with Crippen LogP contribution in [0.1, 0.15) is 58.3 Å². The van der Waals surface area contributed by atoms with Crippen molar-refractivity contribution >= 4 is 5.91 Å². The first kappa shape index (κ1) is 15.3. The standard InChI is InChI=1S/C17H30N2O2/c1-14-5-4-10-19(14)16(20)7-11-18-12-9-17(21)8-3-2-6-15(17)13-18/h14-15,21H,2-13H2,1H3. The minimum Gasteiger partial charge on any atom is -0.390 e. The molecule has 1 aliphatic carbocycles. The summed E-state index contributed by atoms with van der Waals surface area (Å²) in [4.78, 5) is 16.8. The van der Waals surface area contributed by atoms with Crippen LogP contribution >= 0.6 is 0 Å². The molecule has 3 fully saturated rings. The van der Waals surface area contributed by atoms with Gasteiger partial charge in [0.1, 0.15) is 0 Å². The van der Waals surface area contributed by atoms with Crippen molar-refractivity contribution in [3.05, 3.63) is 0 Å². The summed E-state index contributed by atoms with van der Waals surface area (Å²) in [6.45, 7) is 5.92. The highest BCUT2D eigenvalue weighted by molar-refractivity contribution is 5.77. The molecule has 0 radical (unpaired) electrons. The van der Waals surface area contributed by atoms with Crippen LogP contribution in [0, 0.1) is 5.92 Å². The zero-order chi connectivity index (χ0) is 14.9. The molecule has 3 rings (SSSR count). The molecule has 4 heteroatoms. The van der Waals surface area contributed by atoms with Crippen LogP contribution in [0.2, 0.25) is 0 Å². The Morgan fingerprint density at radius 1 is 1.19 bits per heavy atom. The number of rotatable bonds is 3. The number of hydrogen-bond acceptors (Lipinski definition) is 3. The van der Waals surface area contributed by atoms with Gasteiger partial charge in [0.2, 0.25) is 5.91 Å². The average Bonchev–Trinajstić information content (AvgIpc) is 2.90. The van der Waals surface area contributed by atoms with Gasteiger partial charge in [-0.15, -0.1) is 0 Å². The second-order valence-electron chi connectivity index (χ2n) is 7.43. The topological polar surface area (TPSA) is 43.8 Å². The number of hydrogen-bond donors (Lipinski definition) is 1. The van der Waals surface area contributed by atoms with E-state index in [0.29, 0.717) is 24.3 Å². The number of fused-ring (bicyclic) bond motifs is 1. The Hall–Kier alpha value is -0.610. The molecule has 3 atom stereocenters. The molecule has 2 aliphatic heterocycles. The van der Waals surface area contributed by atoms with Crippen LogP contribution in [0.15, 0.2) is 0 Å². The highest BCUT2D eigenvalue weighted by Gasteiger charge is 2.42. The lowest BCUT2D eigenvalue weighted by Crippen LogP contribution is -2.53. The van der Waals surface area contributed by atoms with Crippen molar-refractivity contribution in [1.29, 1.82) is 0 Å². The van der Waals surface area contributed by atoms with Crippen molar-refractivity contribution in [1.82, 2.24) is 9.80 Å². The molecule has 120 valence electrons. The third-order valence-corrected chi connectivity index (χ3v) is 6.03. The Morgan fingerprint density at radius 2 is 2.05 bits per heavy atom. The fourth-order valence-electron chi connectivity index (χ4n) is 4.54. The molecule has 1 saturated carbocycles. The zero-order valence-electron chi connectivity index (χ0n) is 13.4. The van der Waals surface area contributed by atoms with Gasteiger partial charge in [0, 0.05) is 44.6 Å². The quantitative estimate of drug-likeness (QED) is 0.866. The molecule has 4 nitrogen and oxygen atoms in total. The molecule has 1 amide bonds. The van der Waals surface area contributed by atoms with E-state index < -0.39 is 5.60 Å². The summed E-state index contributed by atoms with van der Waals surface area (Å²) in [6.07, 6.45) is 8.43. The molecule has 0 bridgehead atoms. The fourth-order valence-corrected chi connectivity index (χ4v) is 4.54. The molecular weight excluding hydrogens is 264 g/mol. The lowest BCUT2D eigenvalue weighted by Gasteiger charge is -2.47. The second-order valence-corrected chi connectivity index (χ2v) is 7.43. The maximum Gasteiger partial charge on any atom is 0.224 e. The van der Waals surface area contributed by atoms with Crippen LogP contribution < -0.4 is 0 Å². The lowest BCUT2D eigenvalue weighted by atomic mass is 9.71. The van der Waals surface area contributed by atoms with E-state index in [1.54, 1.807) is 0 Å². The van der Waals surface area contributed by atoms with Crippen molar-refractivity contribution < 1.29 is 9.90 Å². The van der Waals surface area contributed by atoms with E-state index in [9.17, 15) is 9.90 Å². The van der Waals surface area contributed by atoms with Crippen LogP contribution in [-0.4, -0.2) is 58.6 Å². The number of nitrogens with zero attached hydrogens (tertiary/aromatic N) is 2. The fraction of sp³-hybridized carbons (Fsp3) is 0.941. The Balaban J connectivity index is 1.47. The largest absolute Gasteiger partial charge is 0.390 e. The van der Waals surface area contributed by atoms with Gasteiger partial charge in [-0.1, -0.05) is 12.8 Å². The summed E-state index contributed by atoms with van der Waals surface area (Å²) >= 11 is 0. The molecule has 0 aromatic rings. The summed E-state index contributed by atoms with van der Waals surface area (Å²) in [7, 11) is 0. The maximum absolute atomic E-state index is 12.3. The number of carbonyl (C=O) groups excluding carboxylic acids is 1. The van der Waals surface area contributed by atoms with Crippen molar-refractivity contribution in [3.63, 3.8) is 0 Å². The predicted octanol–water partition coefficient (Wildman–Crippen LogP) is 2.01. The van der Waals surface area contributed by atoms with E-state index in [1.165, 1.54) is 12.8 Å². The van der Waals surface area contributed by atoms with E-state index in [4.69, 9.17) is 0 Å². The van der Waals surface area contributed by atoms with Gasteiger partial charge in [0.15, 0.2) is 0 Å².